The molecule has 2 aromatic rings. The summed E-state index contributed by atoms with van der Waals surface area (Å²) < 4.78 is 0. The number of ketones is 1. The number of hydrogen-bond acceptors (Lipinski definition) is 7. The molecule has 42 heavy (non-hydrogen) atoms. The number of carboxylic acid groups (broad SMARTS) is 2. The first-order valence-corrected chi connectivity index (χ1v) is 14.4. The van der Waals surface area contributed by atoms with Crippen LogP contribution in [0.3, 0.4) is 0 Å². The monoisotopic (exact) mass is 620 g/mol. The average molecular weight is 621 g/mol. The van der Waals surface area contributed by atoms with Gasteiger partial charge in [0.1, 0.15) is 15.8 Å². The lowest BCUT2D eigenvalue weighted by atomic mass is 9.49. The third-order valence-corrected chi connectivity index (χ3v) is 9.68. The highest BCUT2D eigenvalue weighted by Gasteiger charge is 2.59. The third kappa shape index (κ3) is 5.85. The van der Waals surface area contributed by atoms with Crippen molar-refractivity contribution in [3.05, 3.63) is 77.8 Å². The zero-order valence-electron chi connectivity index (χ0n) is 22.6. The van der Waals surface area contributed by atoms with Gasteiger partial charge in [0, 0.05) is 23.0 Å². The average Bonchev–Trinajstić information content (AvgIpc) is 2.93. The number of rotatable bonds is 10. The number of carbonyl (C=O) groups is 3. The van der Waals surface area contributed by atoms with Crippen LogP contribution < -0.4 is 0 Å². The van der Waals surface area contributed by atoms with Crippen molar-refractivity contribution in [3.8, 4) is 0 Å². The fraction of sp³-hybridized carbons (Fsp3) is 0.483. The summed E-state index contributed by atoms with van der Waals surface area (Å²) in [7, 11) is 0. The fourth-order valence-corrected chi connectivity index (χ4v) is 7.76. The van der Waals surface area contributed by atoms with Crippen LogP contribution in [-0.4, -0.2) is 37.8 Å². The third-order valence-electron chi connectivity index (χ3n) is 9.04. The Morgan fingerprint density at radius 3 is 1.45 bits per heavy atom. The summed E-state index contributed by atoms with van der Waals surface area (Å²) in [6, 6.07) is 8.35. The number of hydrogen-bond donors (Lipinski definition) is 2. The van der Waals surface area contributed by atoms with Gasteiger partial charge in [0.15, 0.2) is 0 Å². The Hall–Kier alpha value is -3.57. The van der Waals surface area contributed by atoms with Gasteiger partial charge in [-0.05, 0) is 60.8 Å². The van der Waals surface area contributed by atoms with E-state index in [4.69, 9.17) is 23.2 Å². The molecule has 2 saturated carbocycles. The van der Waals surface area contributed by atoms with Crippen LogP contribution in [0.15, 0.2) is 36.4 Å². The van der Waals surface area contributed by atoms with Crippen LogP contribution in [0.4, 0.5) is 11.4 Å². The second-order valence-corrected chi connectivity index (χ2v) is 12.1. The van der Waals surface area contributed by atoms with Crippen LogP contribution in [0, 0.1) is 31.1 Å². The Balaban J connectivity index is 1.95. The fourth-order valence-electron chi connectivity index (χ4n) is 7.39. The lowest BCUT2D eigenvalue weighted by molar-refractivity contribution is -0.384. The summed E-state index contributed by atoms with van der Waals surface area (Å²) >= 11 is 12.1. The molecule has 0 amide bonds. The summed E-state index contributed by atoms with van der Waals surface area (Å²) in [6.07, 6.45) is 2.10. The van der Waals surface area contributed by atoms with Crippen molar-refractivity contribution in [1.82, 2.24) is 0 Å². The van der Waals surface area contributed by atoms with E-state index in [0.29, 0.717) is 49.7 Å². The molecule has 11 nitrogen and oxygen atoms in total. The van der Waals surface area contributed by atoms with Crippen molar-refractivity contribution in [1.29, 1.82) is 0 Å². The van der Waals surface area contributed by atoms with Crippen molar-refractivity contribution in [2.45, 2.75) is 76.0 Å². The molecule has 2 fully saturated rings. The van der Waals surface area contributed by atoms with E-state index >= 15 is 4.79 Å². The van der Waals surface area contributed by atoms with Gasteiger partial charge in [-0.25, -0.2) is 0 Å². The minimum Gasteiger partial charge on any atom is -0.481 e. The minimum atomic E-state index is -1.57. The Bertz CT molecular complexity index is 1340. The van der Waals surface area contributed by atoms with Gasteiger partial charge in [-0.2, -0.15) is 0 Å². The van der Waals surface area contributed by atoms with Crippen LogP contribution in [0.2, 0.25) is 10.0 Å². The predicted molar refractivity (Wildman–Crippen MR) is 153 cm³/mol. The SMILES string of the molecule is O=C(O)CC1(C(=O)C2(CC(=O)O)CCCCC2c2ccc(Cl)c([N+](=O)[O-])c2)CCCCC1c1ccc(Cl)c([N+](=O)[O-])c1. The van der Waals surface area contributed by atoms with Gasteiger partial charge in [0.25, 0.3) is 11.4 Å². The molecule has 13 heteroatoms. The number of nitro groups is 2. The van der Waals surface area contributed by atoms with Crippen LogP contribution in [-0.2, 0) is 14.4 Å². The van der Waals surface area contributed by atoms with Gasteiger partial charge in [0.2, 0.25) is 0 Å². The van der Waals surface area contributed by atoms with Gasteiger partial charge >= 0.3 is 11.9 Å². The van der Waals surface area contributed by atoms with E-state index in [2.05, 4.69) is 0 Å². The number of carboxylic acids is 2. The first-order valence-electron chi connectivity index (χ1n) is 13.7. The highest BCUT2D eigenvalue weighted by Crippen LogP contribution is 2.60. The Labute approximate surface area is 251 Å². The largest absolute Gasteiger partial charge is 0.481 e. The molecule has 4 rings (SSSR count). The van der Waals surface area contributed by atoms with E-state index in [1.54, 1.807) is 12.1 Å². The smallest absolute Gasteiger partial charge is 0.304 e. The summed E-state index contributed by atoms with van der Waals surface area (Å²) in [5.74, 6) is -4.53. The number of nitrogens with zero attached hydrogens (tertiary/aromatic N) is 2. The standard InChI is InChI=1S/C29H30Cl2N2O9/c30-21-9-7-17(13-23(21)32(39)40)19-5-1-3-11-28(19,15-25(34)35)27(38)29(16-26(36)37)12-4-2-6-20(29)18-8-10-22(31)24(14-18)33(41)42/h7-10,13-14,19-20H,1-6,11-12,15-16H2,(H,34,35)(H,36,37). The summed E-state index contributed by atoms with van der Waals surface area (Å²) in [5.41, 5.74) is -3.12. The first-order chi connectivity index (χ1) is 19.8. The molecule has 2 aromatic carbocycles. The molecule has 4 atom stereocenters. The molecule has 0 radical (unpaired) electrons. The van der Waals surface area contributed by atoms with Crippen LogP contribution in [0.25, 0.3) is 0 Å². The minimum absolute atomic E-state index is 0.103. The Morgan fingerprint density at radius 2 is 1.12 bits per heavy atom. The van der Waals surface area contributed by atoms with Gasteiger partial charge in [-0.1, -0.05) is 61.0 Å². The summed E-state index contributed by atoms with van der Waals surface area (Å²) in [5, 5.41) is 43.4. The lowest BCUT2D eigenvalue weighted by Crippen LogP contribution is -2.53. The zero-order chi connectivity index (χ0) is 30.8. The maximum Gasteiger partial charge on any atom is 0.304 e. The number of nitro benzene ring substituents is 2. The normalized spacial score (nSPS) is 25.9. The van der Waals surface area contributed by atoms with E-state index in [0.717, 1.165) is 0 Å². The van der Waals surface area contributed by atoms with Crippen LogP contribution in [0.5, 0.6) is 0 Å². The molecule has 0 bridgehead atoms. The van der Waals surface area contributed by atoms with Crippen molar-refractivity contribution in [2.75, 3.05) is 0 Å². The topological polar surface area (TPSA) is 178 Å². The van der Waals surface area contributed by atoms with E-state index in [1.165, 1.54) is 24.3 Å². The molecule has 2 aliphatic carbocycles. The van der Waals surface area contributed by atoms with Crippen molar-refractivity contribution < 1.29 is 34.4 Å². The molecular formula is C29H30Cl2N2O9. The molecule has 0 spiro atoms. The molecule has 0 aromatic heterocycles. The molecule has 224 valence electrons. The van der Waals surface area contributed by atoms with E-state index < -0.39 is 63.1 Å². The highest BCUT2D eigenvalue weighted by atomic mass is 35.5. The van der Waals surface area contributed by atoms with Crippen molar-refractivity contribution in [2.24, 2.45) is 10.8 Å². The number of carbonyl (C=O) groups excluding carboxylic acids is 1. The molecule has 2 N–H and O–H groups in total. The summed E-state index contributed by atoms with van der Waals surface area (Å²) in [6.45, 7) is 0. The molecule has 0 heterocycles. The predicted octanol–water partition coefficient (Wildman–Crippen LogP) is 7.32. The van der Waals surface area contributed by atoms with Gasteiger partial charge in [-0.15, -0.1) is 0 Å². The Morgan fingerprint density at radius 1 is 0.738 bits per heavy atom. The zero-order valence-corrected chi connectivity index (χ0v) is 24.1. The van der Waals surface area contributed by atoms with E-state index in [-0.39, 0.29) is 34.3 Å². The number of benzene rings is 2. The maximum atomic E-state index is 15.2. The summed E-state index contributed by atoms with van der Waals surface area (Å²) in [4.78, 5) is 62.1. The highest BCUT2D eigenvalue weighted by molar-refractivity contribution is 6.33. The second-order valence-electron chi connectivity index (χ2n) is 11.3. The number of aliphatic carboxylic acids is 2. The first kappa shape index (κ1) is 31.4. The van der Waals surface area contributed by atoms with Gasteiger partial charge in [0.05, 0.1) is 22.7 Å². The second kappa shape index (κ2) is 12.3. The van der Waals surface area contributed by atoms with Gasteiger partial charge in [-0.3, -0.25) is 34.6 Å². The van der Waals surface area contributed by atoms with E-state index in [9.17, 15) is 40.0 Å². The number of Topliss-reactive ketones (excluding diaryl/α,β-unsaturated/α-hetero) is 1. The van der Waals surface area contributed by atoms with Gasteiger partial charge < -0.3 is 10.2 Å². The number of halogens is 2. The molecule has 0 saturated heterocycles. The van der Waals surface area contributed by atoms with Crippen molar-refractivity contribution in [3.63, 3.8) is 0 Å². The Kier molecular flexibility index (Phi) is 9.22. The molecule has 0 aliphatic heterocycles. The maximum absolute atomic E-state index is 15.2. The molecule has 4 unspecified atom stereocenters. The molecular weight excluding hydrogens is 591 g/mol. The lowest BCUT2D eigenvalue weighted by Gasteiger charge is -2.51. The quantitative estimate of drug-likeness (QED) is 0.203. The van der Waals surface area contributed by atoms with Crippen molar-refractivity contribution >= 4 is 52.3 Å². The van der Waals surface area contributed by atoms with E-state index in [1.807, 2.05) is 0 Å². The van der Waals surface area contributed by atoms with Crippen LogP contribution >= 0.6 is 23.2 Å². The van der Waals surface area contributed by atoms with Crippen LogP contribution in [0.1, 0.15) is 87.2 Å². The molecule has 2 aliphatic rings.